The maximum Gasteiger partial charge on any atom is 0.221 e. The zero-order valence-corrected chi connectivity index (χ0v) is 13.3. The molecule has 2 heterocycles. The monoisotopic (exact) mass is 343 g/mol. The van der Waals surface area contributed by atoms with Gasteiger partial charge in [-0.05, 0) is 34.5 Å². The number of hydrogen-bond donors (Lipinski definition) is 1. The minimum atomic E-state index is -0.114. The second kappa shape index (κ2) is 5.33. The van der Waals surface area contributed by atoms with Gasteiger partial charge in [-0.3, -0.25) is 9.20 Å². The number of benzene rings is 1. The first-order chi connectivity index (χ1) is 10.0. The second-order valence-corrected chi connectivity index (χ2v) is 5.78. The number of aromatic nitrogens is 2. The first-order valence-corrected chi connectivity index (χ1v) is 7.35. The maximum absolute atomic E-state index is 11.4. The predicted molar refractivity (Wildman–Crippen MR) is 87.4 cm³/mol. The van der Waals surface area contributed by atoms with Gasteiger partial charge in [-0.2, -0.15) is 0 Å². The molecule has 0 saturated carbocycles. The Balaban J connectivity index is 2.21. The molecule has 106 valence electrons. The Kier molecular flexibility index (Phi) is 3.51. The van der Waals surface area contributed by atoms with Crippen molar-refractivity contribution in [2.24, 2.45) is 0 Å². The van der Waals surface area contributed by atoms with Crippen molar-refractivity contribution in [2.75, 3.05) is 5.32 Å². The van der Waals surface area contributed by atoms with Crippen molar-refractivity contribution in [1.82, 2.24) is 9.38 Å². The minimum Gasteiger partial charge on any atom is -0.323 e. The SMILES string of the molecule is CC(=O)Nc1cc(-c2ccc(C)cc2)cn2c(Br)cnc12. The zero-order chi connectivity index (χ0) is 15.0. The average molecular weight is 344 g/mol. The standard InChI is InChI=1S/C16H14BrN3O/c1-10-3-5-12(6-4-10)13-7-14(19-11(2)21)16-18-8-15(17)20(16)9-13/h3-9H,1-2H3,(H,19,21). The second-order valence-electron chi connectivity index (χ2n) is 4.96. The molecule has 0 aliphatic carbocycles. The van der Waals surface area contributed by atoms with Gasteiger partial charge in [0.25, 0.3) is 0 Å². The average Bonchev–Trinajstić information content (AvgIpc) is 2.81. The molecule has 3 aromatic rings. The molecule has 0 bridgehead atoms. The van der Waals surface area contributed by atoms with Gasteiger partial charge in [-0.25, -0.2) is 4.98 Å². The first kappa shape index (κ1) is 13.8. The molecule has 0 radical (unpaired) electrons. The lowest BCUT2D eigenvalue weighted by Crippen LogP contribution is -2.07. The normalized spacial score (nSPS) is 10.8. The largest absolute Gasteiger partial charge is 0.323 e. The molecule has 0 saturated heterocycles. The van der Waals surface area contributed by atoms with E-state index in [9.17, 15) is 4.79 Å². The van der Waals surface area contributed by atoms with Crippen molar-refractivity contribution in [1.29, 1.82) is 0 Å². The summed E-state index contributed by atoms with van der Waals surface area (Å²) in [5.41, 5.74) is 4.74. The van der Waals surface area contributed by atoms with Crippen molar-refractivity contribution >= 4 is 33.2 Å². The Bertz CT molecular complexity index is 821. The number of anilines is 1. The summed E-state index contributed by atoms with van der Waals surface area (Å²) in [6.07, 6.45) is 3.72. The van der Waals surface area contributed by atoms with E-state index in [0.717, 1.165) is 15.7 Å². The zero-order valence-electron chi connectivity index (χ0n) is 11.7. The predicted octanol–water partition coefficient (Wildman–Crippen LogP) is 4.03. The third-order valence-electron chi connectivity index (χ3n) is 3.26. The summed E-state index contributed by atoms with van der Waals surface area (Å²) in [5, 5.41) is 2.84. The number of imidazole rings is 1. The summed E-state index contributed by atoms with van der Waals surface area (Å²) in [6.45, 7) is 3.55. The first-order valence-electron chi connectivity index (χ1n) is 6.56. The molecule has 0 aliphatic rings. The molecule has 4 nitrogen and oxygen atoms in total. The Labute approximate surface area is 131 Å². The van der Waals surface area contributed by atoms with E-state index >= 15 is 0 Å². The van der Waals surface area contributed by atoms with E-state index in [1.54, 1.807) is 6.20 Å². The van der Waals surface area contributed by atoms with Gasteiger partial charge in [0.1, 0.15) is 4.60 Å². The number of halogens is 1. The fourth-order valence-electron chi connectivity index (χ4n) is 2.24. The van der Waals surface area contributed by atoms with Gasteiger partial charge in [-0.15, -0.1) is 0 Å². The van der Waals surface area contributed by atoms with Crippen molar-refractivity contribution in [2.45, 2.75) is 13.8 Å². The number of pyridine rings is 1. The van der Waals surface area contributed by atoms with Crippen LogP contribution in [0.15, 0.2) is 47.3 Å². The van der Waals surface area contributed by atoms with E-state index in [0.29, 0.717) is 11.3 Å². The van der Waals surface area contributed by atoms with Gasteiger partial charge in [0.2, 0.25) is 5.91 Å². The van der Waals surface area contributed by atoms with Crippen molar-refractivity contribution < 1.29 is 4.79 Å². The molecule has 21 heavy (non-hydrogen) atoms. The van der Waals surface area contributed by atoms with Crippen LogP contribution in [-0.2, 0) is 4.79 Å². The number of carbonyl (C=O) groups excluding carboxylic acids is 1. The fourth-order valence-corrected chi connectivity index (χ4v) is 2.62. The van der Waals surface area contributed by atoms with Gasteiger partial charge in [0.15, 0.2) is 5.65 Å². The van der Waals surface area contributed by atoms with Crippen LogP contribution in [0.4, 0.5) is 5.69 Å². The summed E-state index contributed by atoms with van der Waals surface area (Å²) in [6, 6.07) is 10.2. The molecule has 0 unspecified atom stereocenters. The van der Waals surface area contributed by atoms with Crippen LogP contribution in [-0.4, -0.2) is 15.3 Å². The highest BCUT2D eigenvalue weighted by atomic mass is 79.9. The van der Waals surface area contributed by atoms with Gasteiger partial charge >= 0.3 is 0 Å². The molecule has 1 N–H and O–H groups in total. The molecule has 0 fully saturated rings. The number of hydrogen-bond acceptors (Lipinski definition) is 2. The maximum atomic E-state index is 11.4. The van der Waals surface area contributed by atoms with Crippen LogP contribution in [0.1, 0.15) is 12.5 Å². The van der Waals surface area contributed by atoms with Crippen molar-refractivity contribution in [3.8, 4) is 11.1 Å². The quantitative estimate of drug-likeness (QED) is 0.763. The highest BCUT2D eigenvalue weighted by Crippen LogP contribution is 2.28. The van der Waals surface area contributed by atoms with E-state index in [2.05, 4.69) is 57.4 Å². The van der Waals surface area contributed by atoms with E-state index in [1.807, 2.05) is 16.7 Å². The third kappa shape index (κ3) is 2.69. The molecule has 0 aliphatic heterocycles. The molecule has 0 atom stereocenters. The Morgan fingerprint density at radius 3 is 2.62 bits per heavy atom. The number of aryl methyl sites for hydroxylation is 1. The Morgan fingerprint density at radius 1 is 1.24 bits per heavy atom. The number of fused-ring (bicyclic) bond motifs is 1. The number of carbonyl (C=O) groups is 1. The van der Waals surface area contributed by atoms with Crippen LogP contribution in [0, 0.1) is 6.92 Å². The number of nitrogens with one attached hydrogen (secondary N) is 1. The molecule has 0 spiro atoms. The third-order valence-corrected chi connectivity index (χ3v) is 3.84. The molecule has 3 rings (SSSR count). The highest BCUT2D eigenvalue weighted by molar-refractivity contribution is 9.10. The number of rotatable bonds is 2. The van der Waals surface area contributed by atoms with Crippen LogP contribution in [0.5, 0.6) is 0 Å². The molecule has 2 aromatic heterocycles. The summed E-state index contributed by atoms with van der Waals surface area (Å²) < 4.78 is 2.76. The lowest BCUT2D eigenvalue weighted by Gasteiger charge is -2.09. The molecular formula is C16H14BrN3O. The molecule has 1 amide bonds. The van der Waals surface area contributed by atoms with Crippen LogP contribution >= 0.6 is 15.9 Å². The summed E-state index contributed by atoms with van der Waals surface area (Å²) >= 11 is 3.47. The summed E-state index contributed by atoms with van der Waals surface area (Å²) in [4.78, 5) is 15.7. The Hall–Kier alpha value is -2.14. The Morgan fingerprint density at radius 2 is 1.95 bits per heavy atom. The molecule has 5 heteroatoms. The van der Waals surface area contributed by atoms with Crippen molar-refractivity contribution in [3.63, 3.8) is 0 Å². The van der Waals surface area contributed by atoms with Gasteiger partial charge in [-0.1, -0.05) is 29.8 Å². The van der Waals surface area contributed by atoms with Crippen LogP contribution in [0.2, 0.25) is 0 Å². The summed E-state index contributed by atoms with van der Waals surface area (Å²) in [5.74, 6) is -0.114. The van der Waals surface area contributed by atoms with Gasteiger partial charge < -0.3 is 5.32 Å². The number of amides is 1. The van der Waals surface area contributed by atoms with E-state index in [4.69, 9.17) is 0 Å². The van der Waals surface area contributed by atoms with Crippen LogP contribution in [0.3, 0.4) is 0 Å². The minimum absolute atomic E-state index is 0.114. The fraction of sp³-hybridized carbons (Fsp3) is 0.125. The lowest BCUT2D eigenvalue weighted by molar-refractivity contribution is -0.114. The van der Waals surface area contributed by atoms with E-state index in [1.165, 1.54) is 12.5 Å². The van der Waals surface area contributed by atoms with E-state index < -0.39 is 0 Å². The topological polar surface area (TPSA) is 46.4 Å². The van der Waals surface area contributed by atoms with E-state index in [-0.39, 0.29) is 5.91 Å². The lowest BCUT2D eigenvalue weighted by atomic mass is 10.1. The smallest absolute Gasteiger partial charge is 0.221 e. The number of nitrogens with zero attached hydrogens (tertiary/aromatic N) is 2. The van der Waals surface area contributed by atoms with Gasteiger partial charge in [0, 0.05) is 18.7 Å². The van der Waals surface area contributed by atoms with Crippen molar-refractivity contribution in [3.05, 3.63) is 52.9 Å². The molecule has 1 aromatic carbocycles. The highest BCUT2D eigenvalue weighted by Gasteiger charge is 2.10. The summed E-state index contributed by atoms with van der Waals surface area (Å²) in [7, 11) is 0. The van der Waals surface area contributed by atoms with Gasteiger partial charge in [0.05, 0.1) is 11.9 Å². The van der Waals surface area contributed by atoms with Crippen LogP contribution in [0.25, 0.3) is 16.8 Å². The molecular weight excluding hydrogens is 330 g/mol. The van der Waals surface area contributed by atoms with Crippen LogP contribution < -0.4 is 5.32 Å².